The number of phosphoric acid groups is 1. The lowest BCUT2D eigenvalue weighted by Gasteiger charge is -2.18. The molecule has 0 amide bonds. The Morgan fingerprint density at radius 2 is 0.828 bits per heavy atom. The molecule has 8 nitrogen and oxygen atoms in total. The third kappa shape index (κ3) is 46.2. The molecule has 0 bridgehead atoms. The van der Waals surface area contributed by atoms with Crippen LogP contribution in [0.3, 0.4) is 0 Å². The molecule has 0 heterocycles. The third-order valence-electron chi connectivity index (χ3n) is 9.75. The molecule has 0 radical (unpaired) electrons. The van der Waals surface area contributed by atoms with Crippen LogP contribution < -0.4 is 0 Å². The maximum absolute atomic E-state index is 12.4. The summed E-state index contributed by atoms with van der Waals surface area (Å²) in [4.78, 5) is 42.9. The number of hydrogen-bond acceptors (Lipinski definition) is 6. The normalized spacial score (nSPS) is 13.1. The molecule has 9 heteroatoms. The van der Waals surface area contributed by atoms with Gasteiger partial charge in [0.05, 0.1) is 6.61 Å². The molecule has 0 aliphatic carbocycles. The minimum atomic E-state index is -4.78. The highest BCUT2D eigenvalue weighted by molar-refractivity contribution is 7.46. The van der Waals surface area contributed by atoms with E-state index in [4.69, 9.17) is 19.3 Å². The van der Waals surface area contributed by atoms with Gasteiger partial charge >= 0.3 is 19.8 Å². The van der Waals surface area contributed by atoms with Gasteiger partial charge in [0.15, 0.2) is 6.10 Å². The van der Waals surface area contributed by atoms with Gasteiger partial charge in [-0.1, -0.05) is 215 Å². The van der Waals surface area contributed by atoms with E-state index in [-0.39, 0.29) is 19.4 Å². The number of ether oxygens (including phenoxy) is 2. The molecule has 0 saturated carbocycles. The SMILES string of the molecule is CC/C=C\C/C=C\C/C=C\C/C=C\C/C=C\C/C=C\CCC(=O)OC(COC(=O)CCCCCCCCCCCCCCCCCCCCCCC)COP(=O)(O)O. The van der Waals surface area contributed by atoms with Crippen molar-refractivity contribution in [3.05, 3.63) is 72.9 Å². The Morgan fingerprint density at radius 3 is 1.21 bits per heavy atom. The van der Waals surface area contributed by atoms with Gasteiger partial charge in [-0.05, 0) is 51.4 Å². The quantitative estimate of drug-likeness (QED) is 0.0270. The van der Waals surface area contributed by atoms with E-state index in [1.807, 2.05) is 12.2 Å². The smallest absolute Gasteiger partial charge is 0.462 e. The first-order valence-corrected chi connectivity index (χ1v) is 24.8. The highest BCUT2D eigenvalue weighted by atomic mass is 31.2. The molecule has 0 aliphatic rings. The number of carbonyl (C=O) groups excluding carboxylic acids is 2. The summed E-state index contributed by atoms with van der Waals surface area (Å²) in [7, 11) is -4.78. The number of phosphoric ester groups is 1. The third-order valence-corrected chi connectivity index (χ3v) is 10.2. The van der Waals surface area contributed by atoms with E-state index < -0.39 is 32.5 Å². The van der Waals surface area contributed by atoms with Gasteiger partial charge in [0.1, 0.15) is 6.61 Å². The van der Waals surface area contributed by atoms with Crippen LogP contribution in [0, 0.1) is 0 Å². The number of rotatable bonds is 42. The average Bonchev–Trinajstić information content (AvgIpc) is 3.20. The van der Waals surface area contributed by atoms with Crippen LogP contribution in [0.2, 0.25) is 0 Å². The lowest BCUT2D eigenvalue weighted by atomic mass is 10.0. The number of allylic oxidation sites excluding steroid dienone is 12. The molecule has 0 saturated heterocycles. The highest BCUT2D eigenvalue weighted by Gasteiger charge is 2.22. The number of carbonyl (C=O) groups is 2. The van der Waals surface area contributed by atoms with Crippen LogP contribution >= 0.6 is 7.82 Å². The molecule has 334 valence electrons. The summed E-state index contributed by atoms with van der Waals surface area (Å²) >= 11 is 0. The molecule has 58 heavy (non-hydrogen) atoms. The minimum Gasteiger partial charge on any atom is -0.462 e. The molecule has 0 aromatic rings. The first-order chi connectivity index (χ1) is 28.3. The maximum atomic E-state index is 12.4. The van der Waals surface area contributed by atoms with Crippen molar-refractivity contribution in [2.24, 2.45) is 0 Å². The molecule has 1 unspecified atom stereocenters. The van der Waals surface area contributed by atoms with E-state index in [1.165, 1.54) is 116 Å². The highest BCUT2D eigenvalue weighted by Crippen LogP contribution is 2.36. The van der Waals surface area contributed by atoms with Crippen LogP contribution in [0.15, 0.2) is 72.9 Å². The predicted octanol–water partition coefficient (Wildman–Crippen LogP) is 14.6. The van der Waals surface area contributed by atoms with E-state index in [0.717, 1.165) is 51.4 Å². The fourth-order valence-corrected chi connectivity index (χ4v) is 6.70. The molecular weight excluding hydrogens is 748 g/mol. The van der Waals surface area contributed by atoms with Crippen molar-refractivity contribution in [1.29, 1.82) is 0 Å². The van der Waals surface area contributed by atoms with Crippen LogP contribution in [-0.4, -0.2) is 41.0 Å². The van der Waals surface area contributed by atoms with Crippen molar-refractivity contribution in [2.45, 2.75) is 213 Å². The molecule has 0 fully saturated rings. The van der Waals surface area contributed by atoms with Crippen molar-refractivity contribution in [3.63, 3.8) is 0 Å². The van der Waals surface area contributed by atoms with Crippen molar-refractivity contribution in [3.8, 4) is 0 Å². The van der Waals surface area contributed by atoms with E-state index >= 15 is 0 Å². The van der Waals surface area contributed by atoms with E-state index in [1.54, 1.807) is 0 Å². The van der Waals surface area contributed by atoms with Gasteiger partial charge < -0.3 is 19.3 Å². The predicted molar refractivity (Wildman–Crippen MR) is 244 cm³/mol. The fraction of sp³-hybridized carbons (Fsp3) is 0.714. The number of esters is 2. The van der Waals surface area contributed by atoms with Gasteiger partial charge in [0.25, 0.3) is 0 Å². The Balaban J connectivity index is 3.96. The second-order valence-electron chi connectivity index (χ2n) is 15.4. The molecule has 0 aromatic carbocycles. The summed E-state index contributed by atoms with van der Waals surface area (Å²) in [5.74, 6) is -0.979. The van der Waals surface area contributed by atoms with E-state index in [2.05, 4.69) is 79.1 Å². The monoisotopic (exact) mass is 833 g/mol. The van der Waals surface area contributed by atoms with Gasteiger partial charge in [-0.2, -0.15) is 0 Å². The zero-order valence-electron chi connectivity index (χ0n) is 36.9. The largest absolute Gasteiger partial charge is 0.469 e. The van der Waals surface area contributed by atoms with Crippen LogP contribution in [0.4, 0.5) is 0 Å². The van der Waals surface area contributed by atoms with Gasteiger partial charge in [-0.15, -0.1) is 0 Å². The van der Waals surface area contributed by atoms with Gasteiger partial charge in [0, 0.05) is 12.8 Å². The topological polar surface area (TPSA) is 119 Å². The van der Waals surface area contributed by atoms with Crippen LogP contribution in [0.1, 0.15) is 206 Å². The zero-order chi connectivity index (χ0) is 42.5. The second kappa shape index (κ2) is 44.1. The fourth-order valence-electron chi connectivity index (χ4n) is 6.34. The Morgan fingerprint density at radius 1 is 0.466 bits per heavy atom. The summed E-state index contributed by atoms with van der Waals surface area (Å²) in [6, 6.07) is 0. The Kier molecular flexibility index (Phi) is 42.1. The number of hydrogen-bond donors (Lipinski definition) is 2. The summed E-state index contributed by atoms with van der Waals surface area (Å²) in [6.45, 7) is 3.53. The van der Waals surface area contributed by atoms with Gasteiger partial charge in [0.2, 0.25) is 0 Å². The molecule has 0 rings (SSSR count). The lowest BCUT2D eigenvalue weighted by Crippen LogP contribution is -2.29. The summed E-state index contributed by atoms with van der Waals surface area (Å²) in [5.41, 5.74) is 0. The van der Waals surface area contributed by atoms with Crippen LogP contribution in [-0.2, 0) is 28.2 Å². The second-order valence-corrected chi connectivity index (χ2v) is 16.6. The maximum Gasteiger partial charge on any atom is 0.469 e. The summed E-state index contributed by atoms with van der Waals surface area (Å²) in [5, 5.41) is 0. The number of unbranched alkanes of at least 4 members (excludes halogenated alkanes) is 20. The molecular formula is C49H85O8P. The summed E-state index contributed by atoms with van der Waals surface area (Å²) < 4.78 is 26.4. The molecule has 2 N–H and O–H groups in total. The van der Waals surface area contributed by atoms with Gasteiger partial charge in [-0.3, -0.25) is 14.1 Å². The standard InChI is InChI=1S/C49H85O8P/c1-3-5-7-9-11-13-15-17-19-21-23-24-26-27-29-31-33-35-37-39-41-43-48(50)55-45-47(46-56-58(52,53)54)57-49(51)44-42-40-38-36-34-32-30-28-25-22-20-18-16-14-12-10-8-6-4-2/h6,8,12,14,18,20,25,28,32,34,38,40,47H,3-5,7,9-11,13,15-17,19,21-24,26-27,29-31,33,35-37,39,41-46H2,1-2H3,(H2,52,53,54)/b8-6-,14-12-,20-18-,28-25-,34-32-,40-38-. The van der Waals surface area contributed by atoms with Crippen molar-refractivity contribution >= 4 is 19.8 Å². The molecule has 0 aliphatic heterocycles. The zero-order valence-corrected chi connectivity index (χ0v) is 37.8. The van der Waals surface area contributed by atoms with Crippen LogP contribution in [0.5, 0.6) is 0 Å². The van der Waals surface area contributed by atoms with Crippen molar-refractivity contribution in [1.82, 2.24) is 0 Å². The first kappa shape index (κ1) is 55.5. The minimum absolute atomic E-state index is 0.0853. The summed E-state index contributed by atoms with van der Waals surface area (Å²) in [6.07, 6.45) is 57.9. The Hall–Kier alpha value is -2.51. The van der Waals surface area contributed by atoms with Crippen molar-refractivity contribution in [2.75, 3.05) is 13.2 Å². The molecule has 1 atom stereocenters. The molecule has 0 aromatic heterocycles. The average molecular weight is 833 g/mol. The van der Waals surface area contributed by atoms with Gasteiger partial charge in [-0.25, -0.2) is 4.57 Å². The first-order valence-electron chi connectivity index (χ1n) is 23.2. The van der Waals surface area contributed by atoms with E-state index in [9.17, 15) is 14.2 Å². The van der Waals surface area contributed by atoms with Crippen LogP contribution in [0.25, 0.3) is 0 Å². The van der Waals surface area contributed by atoms with Crippen molar-refractivity contribution < 1.29 is 37.9 Å². The van der Waals surface area contributed by atoms with E-state index in [0.29, 0.717) is 12.8 Å². The lowest BCUT2D eigenvalue weighted by molar-refractivity contribution is -0.161. The Labute approximate surface area is 355 Å². The molecule has 0 spiro atoms. The Bertz CT molecular complexity index is 1170.